The van der Waals surface area contributed by atoms with Crippen molar-refractivity contribution < 1.29 is 4.42 Å². The molecule has 0 saturated carbocycles. The molecule has 47 heavy (non-hydrogen) atoms. The highest BCUT2D eigenvalue weighted by Crippen LogP contribution is 2.51. The lowest BCUT2D eigenvalue weighted by molar-refractivity contribution is 0.658. The summed E-state index contributed by atoms with van der Waals surface area (Å²) in [6.45, 7) is 4.58. The predicted molar refractivity (Wildman–Crippen MR) is 192 cm³/mol. The zero-order chi connectivity index (χ0) is 31.3. The number of rotatable bonds is 3. The molecule has 0 unspecified atom stereocenters. The second kappa shape index (κ2) is 9.51. The number of aromatic nitrogens is 3. The maximum Gasteiger partial charge on any atom is 0.160 e. The summed E-state index contributed by atoms with van der Waals surface area (Å²) in [5.41, 5.74) is 12.7. The average Bonchev–Trinajstić information content (AvgIpc) is 3.72. The van der Waals surface area contributed by atoms with Crippen molar-refractivity contribution in [3.63, 3.8) is 0 Å². The van der Waals surface area contributed by atoms with Crippen LogP contribution in [0.4, 0.5) is 0 Å². The lowest BCUT2D eigenvalue weighted by Gasteiger charge is -2.24. The van der Waals surface area contributed by atoms with Crippen LogP contribution < -0.4 is 0 Å². The van der Waals surface area contributed by atoms with Crippen molar-refractivity contribution in [2.45, 2.75) is 19.3 Å². The molecule has 10 rings (SSSR count). The van der Waals surface area contributed by atoms with Crippen molar-refractivity contribution in [1.29, 1.82) is 0 Å². The molecule has 0 radical (unpaired) electrons. The third-order valence-electron chi connectivity index (χ3n) is 9.99. The van der Waals surface area contributed by atoms with E-state index in [0.29, 0.717) is 0 Å². The van der Waals surface area contributed by atoms with Gasteiger partial charge < -0.3 is 8.98 Å². The largest absolute Gasteiger partial charge is 0.456 e. The zero-order valence-corrected chi connectivity index (χ0v) is 26.0. The fourth-order valence-corrected chi connectivity index (χ4v) is 7.78. The lowest BCUT2D eigenvalue weighted by atomic mass is 9.81. The first-order valence-electron chi connectivity index (χ1n) is 16.1. The summed E-state index contributed by atoms with van der Waals surface area (Å²) >= 11 is 0. The Balaban J connectivity index is 1.18. The van der Waals surface area contributed by atoms with E-state index in [1.807, 2.05) is 30.3 Å². The molecule has 3 aromatic heterocycles. The van der Waals surface area contributed by atoms with E-state index >= 15 is 0 Å². The van der Waals surface area contributed by atoms with Crippen LogP contribution >= 0.6 is 0 Å². The van der Waals surface area contributed by atoms with Gasteiger partial charge in [-0.2, -0.15) is 0 Å². The third-order valence-corrected chi connectivity index (χ3v) is 9.99. The smallest absolute Gasteiger partial charge is 0.160 e. The number of hydrogen-bond donors (Lipinski definition) is 0. The summed E-state index contributed by atoms with van der Waals surface area (Å²) in [5.74, 6) is 0.744. The number of nitrogens with zero attached hydrogens (tertiary/aromatic N) is 3. The Labute approximate surface area is 271 Å². The SMILES string of the molecule is CC1(C)c2ccccc2-c2nc(-c3ccccc3)nc(-c3ccc(-n4c5ccccc5c5cc6c(cc54)oc4ccccc46)cc3)c21. The van der Waals surface area contributed by atoms with E-state index in [1.54, 1.807) is 0 Å². The number of para-hydroxylation sites is 2. The molecule has 0 bridgehead atoms. The number of benzene rings is 6. The first-order chi connectivity index (χ1) is 23.1. The Kier molecular flexibility index (Phi) is 5.31. The number of hydrogen-bond acceptors (Lipinski definition) is 3. The van der Waals surface area contributed by atoms with Gasteiger partial charge in [-0.1, -0.05) is 117 Å². The second-order valence-electron chi connectivity index (χ2n) is 13.0. The molecule has 6 aromatic carbocycles. The highest BCUT2D eigenvalue weighted by molar-refractivity contribution is 6.17. The summed E-state index contributed by atoms with van der Waals surface area (Å²) in [6.07, 6.45) is 0. The van der Waals surface area contributed by atoms with Gasteiger partial charge in [0.1, 0.15) is 11.2 Å². The van der Waals surface area contributed by atoms with Crippen molar-refractivity contribution in [2.75, 3.05) is 0 Å². The van der Waals surface area contributed by atoms with Crippen LogP contribution in [0.3, 0.4) is 0 Å². The van der Waals surface area contributed by atoms with Crippen LogP contribution in [-0.4, -0.2) is 14.5 Å². The van der Waals surface area contributed by atoms with E-state index in [0.717, 1.165) is 67.0 Å². The van der Waals surface area contributed by atoms with Gasteiger partial charge in [0.2, 0.25) is 0 Å². The van der Waals surface area contributed by atoms with Crippen LogP contribution in [0.25, 0.3) is 83.3 Å². The summed E-state index contributed by atoms with van der Waals surface area (Å²) in [6, 6.07) is 49.2. The van der Waals surface area contributed by atoms with E-state index < -0.39 is 0 Å². The van der Waals surface area contributed by atoms with Crippen LogP contribution in [0.2, 0.25) is 0 Å². The van der Waals surface area contributed by atoms with Gasteiger partial charge in [-0.3, -0.25) is 0 Å². The van der Waals surface area contributed by atoms with E-state index in [-0.39, 0.29) is 5.41 Å². The highest BCUT2D eigenvalue weighted by Gasteiger charge is 2.40. The fourth-order valence-electron chi connectivity index (χ4n) is 7.78. The highest BCUT2D eigenvalue weighted by atomic mass is 16.3. The molecule has 0 N–H and O–H groups in total. The van der Waals surface area contributed by atoms with Crippen LogP contribution in [-0.2, 0) is 5.41 Å². The van der Waals surface area contributed by atoms with E-state index in [1.165, 1.54) is 27.5 Å². The molecule has 3 heterocycles. The van der Waals surface area contributed by atoms with Gasteiger partial charge in [0.15, 0.2) is 5.82 Å². The molecule has 1 aliphatic carbocycles. The quantitative estimate of drug-likeness (QED) is 0.202. The van der Waals surface area contributed by atoms with Crippen LogP contribution in [0.1, 0.15) is 25.0 Å². The van der Waals surface area contributed by atoms with Crippen molar-refractivity contribution >= 4 is 43.7 Å². The van der Waals surface area contributed by atoms with Crippen molar-refractivity contribution in [3.8, 4) is 39.6 Å². The summed E-state index contributed by atoms with van der Waals surface area (Å²) < 4.78 is 8.68. The first kappa shape index (κ1) is 26.2. The van der Waals surface area contributed by atoms with Crippen LogP contribution in [0.5, 0.6) is 0 Å². The topological polar surface area (TPSA) is 43.9 Å². The Bertz CT molecular complexity index is 2700. The normalized spacial score (nSPS) is 13.5. The molecule has 4 heteroatoms. The molecule has 0 atom stereocenters. The zero-order valence-electron chi connectivity index (χ0n) is 26.0. The standard InChI is InChI=1S/C43H29N3O/c1-43(2)34-17-9-6-16-31(34)41-39(43)40(44-42(45-41)27-12-4-3-5-13-27)26-20-22-28(23-21-26)46-35-18-10-7-14-29(35)32-24-33-30-15-8-11-19-37(30)47-38(33)25-36(32)46/h3-25H,1-2H3. The Hall–Kier alpha value is -6.00. The molecule has 222 valence electrons. The summed E-state index contributed by atoms with van der Waals surface area (Å²) in [5, 5.41) is 4.72. The lowest BCUT2D eigenvalue weighted by Crippen LogP contribution is -2.17. The van der Waals surface area contributed by atoms with Crippen LogP contribution in [0.15, 0.2) is 144 Å². The number of fused-ring (bicyclic) bond motifs is 9. The van der Waals surface area contributed by atoms with E-state index in [4.69, 9.17) is 14.4 Å². The minimum absolute atomic E-state index is 0.236. The van der Waals surface area contributed by atoms with Gasteiger partial charge in [0.05, 0.1) is 22.4 Å². The Morgan fingerprint density at radius 2 is 1.23 bits per heavy atom. The summed E-state index contributed by atoms with van der Waals surface area (Å²) in [7, 11) is 0. The van der Waals surface area contributed by atoms with Gasteiger partial charge in [-0.25, -0.2) is 9.97 Å². The maximum atomic E-state index is 6.33. The molecule has 0 saturated heterocycles. The molecule has 0 spiro atoms. The molecule has 0 fully saturated rings. The maximum absolute atomic E-state index is 6.33. The predicted octanol–water partition coefficient (Wildman–Crippen LogP) is 11.1. The third kappa shape index (κ3) is 3.70. The van der Waals surface area contributed by atoms with Gasteiger partial charge >= 0.3 is 0 Å². The molecule has 0 amide bonds. The molecule has 9 aromatic rings. The summed E-state index contributed by atoms with van der Waals surface area (Å²) in [4.78, 5) is 10.5. The average molecular weight is 604 g/mol. The Morgan fingerprint density at radius 1 is 0.532 bits per heavy atom. The minimum atomic E-state index is -0.236. The van der Waals surface area contributed by atoms with Gasteiger partial charge in [0, 0.05) is 61.0 Å². The molecular formula is C43H29N3O. The van der Waals surface area contributed by atoms with Crippen molar-refractivity contribution in [1.82, 2.24) is 14.5 Å². The van der Waals surface area contributed by atoms with Gasteiger partial charge in [0.25, 0.3) is 0 Å². The first-order valence-corrected chi connectivity index (χ1v) is 16.1. The second-order valence-corrected chi connectivity index (χ2v) is 13.0. The fraction of sp³-hybridized carbons (Fsp3) is 0.0698. The Morgan fingerprint density at radius 3 is 2.09 bits per heavy atom. The number of furan rings is 1. The molecule has 1 aliphatic rings. The molecular weight excluding hydrogens is 574 g/mol. The monoisotopic (exact) mass is 603 g/mol. The molecule has 0 aliphatic heterocycles. The van der Waals surface area contributed by atoms with E-state index in [9.17, 15) is 0 Å². The van der Waals surface area contributed by atoms with Crippen LogP contribution in [0, 0.1) is 0 Å². The van der Waals surface area contributed by atoms with Crippen molar-refractivity contribution in [3.05, 3.63) is 151 Å². The minimum Gasteiger partial charge on any atom is -0.456 e. The van der Waals surface area contributed by atoms with Gasteiger partial charge in [-0.05, 0) is 35.9 Å². The van der Waals surface area contributed by atoms with E-state index in [2.05, 4.69) is 128 Å². The molecule has 4 nitrogen and oxygen atoms in total. The van der Waals surface area contributed by atoms with Crippen molar-refractivity contribution in [2.24, 2.45) is 0 Å². The van der Waals surface area contributed by atoms with Gasteiger partial charge in [-0.15, -0.1) is 0 Å².